The summed E-state index contributed by atoms with van der Waals surface area (Å²) in [6.45, 7) is 4.16. The Morgan fingerprint density at radius 2 is 1.86 bits per heavy atom. The molecule has 0 unspecified atom stereocenters. The van der Waals surface area contributed by atoms with Crippen molar-refractivity contribution in [2.24, 2.45) is 0 Å². The Morgan fingerprint density at radius 1 is 1.43 bits per heavy atom. The number of hydrogen-bond donors (Lipinski definition) is 1. The van der Waals surface area contributed by atoms with Crippen molar-refractivity contribution in [2.45, 2.75) is 19.9 Å². The van der Waals surface area contributed by atoms with Crippen molar-refractivity contribution >= 4 is 22.0 Å². The van der Waals surface area contributed by atoms with Gasteiger partial charge < -0.3 is 15.0 Å². The molecule has 0 saturated carbocycles. The zero-order valence-electron chi connectivity index (χ0n) is 4.90. The second-order valence-corrected chi connectivity index (χ2v) is 2.99. The van der Waals surface area contributed by atoms with E-state index in [9.17, 15) is 0 Å². The summed E-state index contributed by atoms with van der Waals surface area (Å²) in [5.74, 6) is 7.37. The van der Waals surface area contributed by atoms with Crippen molar-refractivity contribution in [1.82, 2.24) is 4.72 Å². The average Bonchev–Trinajstić information content (AvgIpc) is 1.27. The molecule has 0 amide bonds. The lowest BCUT2D eigenvalue weighted by molar-refractivity contribution is 0.773. The van der Waals surface area contributed by atoms with E-state index < -0.39 is 0 Å². The van der Waals surface area contributed by atoms with Crippen molar-refractivity contribution in [1.29, 1.82) is 0 Å². The highest BCUT2D eigenvalue weighted by Crippen LogP contribution is 1.71. The maximum Gasteiger partial charge on any atom is -0.0174 e. The smallest absolute Gasteiger partial charge is 0.0174 e. The molecular weight excluding hydrogens is 106 g/mol. The topological polar surface area (TPSA) is 12.0 Å². The second kappa shape index (κ2) is 3.10. The quantitative estimate of drug-likeness (QED) is 0.408. The van der Waals surface area contributed by atoms with Crippen LogP contribution in [0.2, 0.25) is 0 Å². The first-order valence-electron chi connectivity index (χ1n) is 2.22. The van der Waals surface area contributed by atoms with Crippen LogP contribution in [-0.2, 0) is 10.3 Å². The van der Waals surface area contributed by atoms with E-state index in [1.165, 1.54) is 0 Å². The van der Waals surface area contributed by atoms with Gasteiger partial charge in [-0.2, -0.15) is 0 Å². The van der Waals surface area contributed by atoms with Crippen molar-refractivity contribution < 1.29 is 0 Å². The summed E-state index contributed by atoms with van der Waals surface area (Å²) >= 11 is 0. The van der Waals surface area contributed by atoms with Gasteiger partial charge in [-0.05, 0) is 6.04 Å². The first-order chi connectivity index (χ1) is 3.13. The normalized spacial score (nSPS) is 10.9. The van der Waals surface area contributed by atoms with Gasteiger partial charge in [0, 0.05) is 0 Å². The molecule has 0 aromatic carbocycles. The van der Waals surface area contributed by atoms with Crippen LogP contribution in [0.4, 0.5) is 0 Å². The summed E-state index contributed by atoms with van der Waals surface area (Å²) in [6.07, 6.45) is 0. The molecule has 0 radical (unpaired) electrons. The fourth-order valence-electron chi connectivity index (χ4n) is 0.333. The van der Waals surface area contributed by atoms with Crippen molar-refractivity contribution in [2.75, 3.05) is 0 Å². The fourth-order valence-corrected chi connectivity index (χ4v) is 1.00. The minimum Gasteiger partial charge on any atom is -0.423 e. The first-order valence-corrected chi connectivity index (χ1v) is 3.79. The molecule has 0 aliphatic carbocycles. The summed E-state index contributed by atoms with van der Waals surface area (Å²) in [7, 11) is -0.0957. The Kier molecular flexibility index (Phi) is 3.13. The minimum absolute atomic E-state index is 0.0957. The van der Waals surface area contributed by atoms with Crippen LogP contribution in [0.5, 0.6) is 0 Å². The molecule has 0 rings (SSSR count). The predicted octanol–water partition coefficient (Wildman–Crippen LogP) is 0.382. The lowest BCUT2D eigenvalue weighted by atomic mass is 10.4. The summed E-state index contributed by atoms with van der Waals surface area (Å²) in [5, 5.41) is 0. The van der Waals surface area contributed by atoms with E-state index in [4.69, 9.17) is 0 Å². The summed E-state index contributed by atoms with van der Waals surface area (Å²) in [5.41, 5.74) is 0. The summed E-state index contributed by atoms with van der Waals surface area (Å²) in [4.78, 5) is 0. The largest absolute Gasteiger partial charge is 0.423 e. The molecule has 1 nitrogen and oxygen atoms in total. The third-order valence-corrected chi connectivity index (χ3v) is 1.21. The van der Waals surface area contributed by atoms with Gasteiger partial charge in [-0.15, -0.1) is 0 Å². The lowest BCUT2D eigenvalue weighted by Gasteiger charge is -2.13. The fraction of sp³-hybridized carbons (Fsp3) is 0.600. The van der Waals surface area contributed by atoms with Crippen LogP contribution >= 0.6 is 0 Å². The maximum atomic E-state index is 3.68. The Bertz CT molecular complexity index is 94.6. The standard InChI is InChI=1S/C5H12NS/c1-5(2)6-7(3)4/h5-6H,3-4H2,1-2H3/q-1. The lowest BCUT2D eigenvalue weighted by Crippen LogP contribution is -2.19. The van der Waals surface area contributed by atoms with Gasteiger partial charge in [0.25, 0.3) is 0 Å². The monoisotopic (exact) mass is 118 g/mol. The van der Waals surface area contributed by atoms with Gasteiger partial charge in [0.15, 0.2) is 0 Å². The van der Waals surface area contributed by atoms with Gasteiger partial charge in [-0.1, -0.05) is 13.8 Å². The van der Waals surface area contributed by atoms with E-state index in [1.807, 2.05) is 0 Å². The molecule has 0 atom stereocenters. The van der Waals surface area contributed by atoms with E-state index in [1.54, 1.807) is 0 Å². The van der Waals surface area contributed by atoms with Crippen LogP contribution in [-0.4, -0.2) is 17.8 Å². The molecule has 0 aliphatic heterocycles. The predicted molar refractivity (Wildman–Crippen MR) is 39.9 cm³/mol. The van der Waals surface area contributed by atoms with Crippen LogP contribution in [0, 0.1) is 0 Å². The third-order valence-electron chi connectivity index (χ3n) is 0.402. The molecule has 0 heterocycles. The summed E-state index contributed by atoms with van der Waals surface area (Å²) in [6, 6.07) is 0.512. The Hall–Kier alpha value is 0.0500. The zero-order valence-corrected chi connectivity index (χ0v) is 5.72. The molecule has 0 spiro atoms. The van der Waals surface area contributed by atoms with Crippen molar-refractivity contribution in [3.8, 4) is 0 Å². The minimum atomic E-state index is -0.0957. The third kappa shape index (κ3) is 6.05. The van der Waals surface area contributed by atoms with Crippen molar-refractivity contribution in [3.63, 3.8) is 0 Å². The second-order valence-electron chi connectivity index (χ2n) is 1.77. The van der Waals surface area contributed by atoms with Crippen LogP contribution in [0.25, 0.3) is 0 Å². The van der Waals surface area contributed by atoms with E-state index >= 15 is 0 Å². The SMILES string of the molecule is C=[S-](=C)NC(C)C. The van der Waals surface area contributed by atoms with Crippen molar-refractivity contribution in [3.05, 3.63) is 0 Å². The Morgan fingerprint density at radius 3 is 1.86 bits per heavy atom. The van der Waals surface area contributed by atoms with E-state index in [-0.39, 0.29) is 10.3 Å². The number of hydrogen-bond acceptors (Lipinski definition) is 2. The van der Waals surface area contributed by atoms with Gasteiger partial charge in [0.2, 0.25) is 0 Å². The molecule has 0 bridgehead atoms. The molecule has 0 saturated heterocycles. The molecule has 2 heteroatoms. The van der Waals surface area contributed by atoms with Gasteiger partial charge >= 0.3 is 0 Å². The average molecular weight is 118 g/mol. The van der Waals surface area contributed by atoms with E-state index in [2.05, 4.69) is 30.3 Å². The highest BCUT2D eigenvalue weighted by atomic mass is 32.2. The Balaban J connectivity index is 3.32. The Labute approximate surface area is 47.4 Å². The molecule has 1 N–H and O–H groups in total. The van der Waals surface area contributed by atoms with Gasteiger partial charge in [-0.25, -0.2) is 11.7 Å². The molecule has 0 aromatic heterocycles. The van der Waals surface area contributed by atoms with E-state index in [0.29, 0.717) is 6.04 Å². The van der Waals surface area contributed by atoms with Crippen LogP contribution in [0.1, 0.15) is 13.8 Å². The molecule has 0 aliphatic rings. The highest BCUT2D eigenvalue weighted by molar-refractivity contribution is 7.89. The van der Waals surface area contributed by atoms with E-state index in [0.717, 1.165) is 0 Å². The van der Waals surface area contributed by atoms with Crippen LogP contribution in [0.3, 0.4) is 0 Å². The van der Waals surface area contributed by atoms with Gasteiger partial charge in [0.05, 0.1) is 0 Å². The van der Waals surface area contributed by atoms with Gasteiger partial charge in [0.1, 0.15) is 0 Å². The van der Waals surface area contributed by atoms with Gasteiger partial charge in [-0.3, -0.25) is 0 Å². The zero-order chi connectivity index (χ0) is 5.86. The molecule has 7 heavy (non-hydrogen) atoms. The number of rotatable bonds is 2. The highest BCUT2D eigenvalue weighted by Gasteiger charge is 1.74. The van der Waals surface area contributed by atoms with Crippen LogP contribution in [0.15, 0.2) is 0 Å². The number of nitrogens with one attached hydrogen (secondary N) is 1. The maximum absolute atomic E-state index is 3.68. The first kappa shape index (κ1) is 7.05. The summed E-state index contributed by atoms with van der Waals surface area (Å²) < 4.78 is 3.11. The molecule has 44 valence electrons. The molecule has 0 aromatic rings. The van der Waals surface area contributed by atoms with Crippen LogP contribution < -0.4 is 4.72 Å². The molecule has 0 fully saturated rings. The molecular formula is C5H12NS-.